The van der Waals surface area contributed by atoms with E-state index in [9.17, 15) is 60.4 Å². The number of unbranched alkanes of at least 4 members (excludes halogenated alkanes) is 17. The Morgan fingerprint density at radius 1 is 0.565 bits per heavy atom. The lowest BCUT2D eigenvalue weighted by molar-refractivity contribution is -0.385. The molecule has 0 radical (unpaired) electrons. The molecule has 11 atom stereocenters. The van der Waals surface area contributed by atoms with Gasteiger partial charge in [0.2, 0.25) is 30.1 Å². The van der Waals surface area contributed by atoms with Gasteiger partial charge in [-0.25, -0.2) is 39.4 Å². The molecule has 472 valence electrons. The number of benzene rings is 3. The predicted molar refractivity (Wildman–Crippen MR) is 326 cm³/mol. The fourth-order valence-corrected chi connectivity index (χ4v) is 19.4. The number of hydrogen-bond donors (Lipinski definition) is 3. The van der Waals surface area contributed by atoms with Crippen LogP contribution in [0, 0.1) is 76.7 Å². The third-order valence-corrected chi connectivity index (χ3v) is 24.7. The minimum atomic E-state index is -4.35. The summed E-state index contributed by atoms with van der Waals surface area (Å²) in [5.74, 6) is -1.89. The van der Waals surface area contributed by atoms with Crippen LogP contribution in [0.3, 0.4) is 0 Å². The maximum Gasteiger partial charge on any atom is 0.305 e. The average Bonchev–Trinajstić information content (AvgIpc) is 1.71. The predicted octanol–water partition coefficient (Wildman–Crippen LogP) is 13.6. The lowest BCUT2D eigenvalue weighted by Crippen LogP contribution is -2.67. The highest BCUT2D eigenvalue weighted by Gasteiger charge is 2.67. The minimum absolute atomic E-state index is 0.114. The van der Waals surface area contributed by atoms with E-state index >= 15 is 0 Å². The standard InChI is InChI=1S/C62H92N6O14S3/c1-5-6-7-8-9-10-11-12-13-14-15-16-17-18-19-20-21-22-41-82-59(69)38-23-45(2)54-36-37-55-60-56(44-58(62(54,55)4)65-85(80,81)53-34-28-50(29-35-53)68(74)75)61(3)40-39-47(63-83(76,77)51-30-24-48(25-31-51)66(70)71)42-46(61)43-57(60)64-84(78,79)52-32-26-49(27-33-52)67(72)73/h24-35,45-47,54-58,60,63-65H,5-23,36-44H2,1-4H3/t45-,46+,47-,54-,55+,56+,57-,58+,60+,61+,62-/m1/s1. The maximum absolute atomic E-state index is 14.7. The minimum Gasteiger partial charge on any atom is -0.466 e. The first-order valence-corrected chi connectivity index (χ1v) is 35.8. The summed E-state index contributed by atoms with van der Waals surface area (Å²) in [6, 6.07) is 11.8. The number of carbonyl (C=O) groups excluding carboxylic acids is 1. The van der Waals surface area contributed by atoms with Crippen LogP contribution in [0.1, 0.15) is 201 Å². The molecule has 3 aromatic carbocycles. The molecule has 0 aromatic heterocycles. The molecule has 4 saturated carbocycles. The number of nitro benzene ring substituents is 3. The molecule has 0 unspecified atom stereocenters. The first-order chi connectivity index (χ1) is 40.4. The van der Waals surface area contributed by atoms with E-state index < -0.39 is 73.8 Å². The van der Waals surface area contributed by atoms with E-state index in [0.717, 1.165) is 55.7 Å². The topological polar surface area (TPSA) is 294 Å². The van der Waals surface area contributed by atoms with E-state index in [0.29, 0.717) is 38.7 Å². The molecular formula is C62H92N6O14S3. The van der Waals surface area contributed by atoms with Gasteiger partial charge in [-0.2, -0.15) is 0 Å². The quantitative estimate of drug-likeness (QED) is 0.0214. The van der Waals surface area contributed by atoms with Gasteiger partial charge in [-0.1, -0.05) is 137 Å². The van der Waals surface area contributed by atoms with Gasteiger partial charge < -0.3 is 4.74 Å². The fraction of sp³-hybridized carbons (Fsp3) is 0.694. The lowest BCUT2D eigenvalue weighted by Gasteiger charge is -2.65. The van der Waals surface area contributed by atoms with Crippen molar-refractivity contribution in [3.05, 3.63) is 103 Å². The van der Waals surface area contributed by atoms with Crippen molar-refractivity contribution in [1.82, 2.24) is 14.2 Å². The van der Waals surface area contributed by atoms with E-state index in [1.807, 2.05) is 0 Å². The van der Waals surface area contributed by atoms with Gasteiger partial charge in [-0.3, -0.25) is 35.1 Å². The zero-order chi connectivity index (χ0) is 61.6. The number of esters is 1. The number of non-ortho nitro benzene ring substituents is 3. The van der Waals surface area contributed by atoms with Crippen LogP contribution in [0.2, 0.25) is 0 Å². The van der Waals surface area contributed by atoms with Crippen molar-refractivity contribution in [2.75, 3.05) is 6.61 Å². The molecule has 0 spiro atoms. The number of ether oxygens (including phenoxy) is 1. The number of sulfonamides is 3. The molecule has 3 N–H and O–H groups in total. The van der Waals surface area contributed by atoms with Crippen LogP contribution in [-0.4, -0.2) is 70.7 Å². The molecule has 0 heterocycles. The van der Waals surface area contributed by atoms with Gasteiger partial charge in [-0.15, -0.1) is 0 Å². The van der Waals surface area contributed by atoms with Crippen molar-refractivity contribution in [3.63, 3.8) is 0 Å². The summed E-state index contributed by atoms with van der Waals surface area (Å²) >= 11 is 0. The number of carbonyl (C=O) groups is 1. The van der Waals surface area contributed by atoms with Crippen molar-refractivity contribution < 1.29 is 49.6 Å². The van der Waals surface area contributed by atoms with E-state index in [-0.39, 0.29) is 98.9 Å². The van der Waals surface area contributed by atoms with Gasteiger partial charge in [0.25, 0.3) is 17.1 Å². The van der Waals surface area contributed by atoms with Crippen molar-refractivity contribution >= 4 is 53.1 Å². The highest BCUT2D eigenvalue weighted by molar-refractivity contribution is 7.90. The molecule has 4 fully saturated rings. The first-order valence-electron chi connectivity index (χ1n) is 31.4. The summed E-state index contributed by atoms with van der Waals surface area (Å²) in [7, 11) is -12.9. The highest BCUT2D eigenvalue weighted by Crippen LogP contribution is 2.69. The second-order valence-corrected chi connectivity index (χ2v) is 30.7. The first kappa shape index (κ1) is 67.6. The molecule has 4 aliphatic carbocycles. The Labute approximate surface area is 504 Å². The van der Waals surface area contributed by atoms with Crippen LogP contribution in [-0.2, 0) is 39.6 Å². The molecule has 20 nitrogen and oxygen atoms in total. The van der Waals surface area contributed by atoms with Gasteiger partial charge in [0.05, 0.1) is 36.1 Å². The SMILES string of the molecule is CCCCCCCCCCCCCCCCCCCCOC(=O)CC[C@@H](C)[C@H]1CC[C@H]2[C@@H]3[C@H](NS(=O)(=O)c4ccc([N+](=O)[O-])cc4)C[C@@H]4C[C@H](NS(=O)(=O)c5ccc([N+](=O)[O-])cc5)CC[C@]4(C)[C@H]3C[C@H](NS(=O)(=O)c3ccc([N+](=O)[O-])cc3)[C@]12C. The summed E-state index contributed by atoms with van der Waals surface area (Å²) in [5, 5.41) is 34.6. The molecule has 23 heteroatoms. The second-order valence-electron chi connectivity index (χ2n) is 25.5. The fourth-order valence-electron chi connectivity index (χ4n) is 15.5. The molecule has 4 aliphatic rings. The molecule has 7 rings (SSSR count). The smallest absolute Gasteiger partial charge is 0.305 e. The average molecular weight is 1240 g/mol. The molecular weight excluding hydrogens is 1150 g/mol. The largest absolute Gasteiger partial charge is 0.466 e. The van der Waals surface area contributed by atoms with Gasteiger partial charge in [-0.05, 0) is 141 Å². The lowest BCUT2D eigenvalue weighted by atomic mass is 9.42. The van der Waals surface area contributed by atoms with E-state index in [1.165, 1.54) is 133 Å². The van der Waals surface area contributed by atoms with Gasteiger partial charge in [0.15, 0.2) is 0 Å². The van der Waals surface area contributed by atoms with Crippen molar-refractivity contribution in [2.24, 2.45) is 46.3 Å². The van der Waals surface area contributed by atoms with Gasteiger partial charge in [0.1, 0.15) is 0 Å². The summed E-state index contributed by atoms with van der Waals surface area (Å²) in [4.78, 5) is 45.6. The van der Waals surface area contributed by atoms with Crippen LogP contribution in [0.5, 0.6) is 0 Å². The summed E-state index contributed by atoms with van der Waals surface area (Å²) < 4.78 is 101. The van der Waals surface area contributed by atoms with E-state index in [4.69, 9.17) is 4.74 Å². The Morgan fingerprint density at radius 2 is 0.988 bits per heavy atom. The molecule has 3 aromatic rings. The Balaban J connectivity index is 1.05. The molecule has 0 saturated heterocycles. The van der Waals surface area contributed by atoms with Crippen LogP contribution in [0.15, 0.2) is 87.5 Å². The Kier molecular flexibility index (Phi) is 24.1. The zero-order valence-corrected chi connectivity index (χ0v) is 52.7. The second kappa shape index (κ2) is 30.3. The number of nitrogens with one attached hydrogen (secondary N) is 3. The summed E-state index contributed by atoms with van der Waals surface area (Å²) in [6.07, 6.45) is 26.3. The molecule has 85 heavy (non-hydrogen) atoms. The number of nitrogens with zero attached hydrogens (tertiary/aromatic N) is 3. The van der Waals surface area contributed by atoms with Crippen LogP contribution in [0.4, 0.5) is 17.1 Å². The number of hydrogen-bond acceptors (Lipinski definition) is 14. The van der Waals surface area contributed by atoms with Gasteiger partial charge >= 0.3 is 5.97 Å². The normalized spacial score (nSPS) is 26.2. The Bertz CT molecular complexity index is 3060. The Hall–Kier alpha value is -4.94. The van der Waals surface area contributed by atoms with Crippen molar-refractivity contribution in [1.29, 1.82) is 0 Å². The molecule has 0 bridgehead atoms. The Morgan fingerprint density at radius 3 is 1.44 bits per heavy atom. The molecule has 0 aliphatic heterocycles. The monoisotopic (exact) mass is 1240 g/mol. The highest BCUT2D eigenvalue weighted by atomic mass is 32.2. The van der Waals surface area contributed by atoms with Crippen LogP contribution in [0.25, 0.3) is 0 Å². The number of nitro groups is 3. The maximum atomic E-state index is 14.7. The third kappa shape index (κ3) is 17.2. The summed E-state index contributed by atoms with van der Waals surface area (Å²) in [5.41, 5.74) is -2.25. The van der Waals surface area contributed by atoms with Crippen molar-refractivity contribution in [3.8, 4) is 0 Å². The third-order valence-electron chi connectivity index (χ3n) is 20.2. The van der Waals surface area contributed by atoms with Crippen LogP contribution < -0.4 is 14.2 Å². The zero-order valence-electron chi connectivity index (χ0n) is 50.2. The van der Waals surface area contributed by atoms with Crippen LogP contribution >= 0.6 is 0 Å². The number of rotatable bonds is 35. The van der Waals surface area contributed by atoms with E-state index in [1.54, 1.807) is 0 Å². The van der Waals surface area contributed by atoms with Crippen molar-refractivity contribution in [2.45, 2.75) is 234 Å². The van der Waals surface area contributed by atoms with Gasteiger partial charge in [0, 0.05) is 60.9 Å². The summed E-state index contributed by atoms with van der Waals surface area (Å²) in [6.45, 7) is 8.87. The van der Waals surface area contributed by atoms with E-state index in [2.05, 4.69) is 41.9 Å². The number of fused-ring (bicyclic) bond motifs is 5. The molecule has 0 amide bonds.